The van der Waals surface area contributed by atoms with Crippen LogP contribution >= 0.6 is 7.82 Å². The van der Waals surface area contributed by atoms with Gasteiger partial charge in [-0.1, -0.05) is 0 Å². The van der Waals surface area contributed by atoms with E-state index in [-0.39, 0.29) is 6.61 Å². The van der Waals surface area contributed by atoms with Gasteiger partial charge >= 0.3 is 7.82 Å². The molecule has 1 fully saturated rings. The van der Waals surface area contributed by atoms with Crippen LogP contribution in [0.25, 0.3) is 0 Å². The van der Waals surface area contributed by atoms with E-state index >= 15 is 0 Å². The Bertz CT molecular complexity index is 238. The van der Waals surface area contributed by atoms with Crippen molar-refractivity contribution in [3.8, 4) is 0 Å². The van der Waals surface area contributed by atoms with Gasteiger partial charge in [0.2, 0.25) is 0 Å². The molecule has 1 heterocycles. The normalized spacial score (nSPS) is 39.8. The van der Waals surface area contributed by atoms with Crippen LogP contribution in [0.1, 0.15) is 0 Å². The van der Waals surface area contributed by atoms with E-state index in [2.05, 4.69) is 9.26 Å². The molecular formula is C5H11O8P. The van der Waals surface area contributed by atoms with Gasteiger partial charge in [0.25, 0.3) is 0 Å². The summed E-state index contributed by atoms with van der Waals surface area (Å²) in [5.41, 5.74) is 0. The third-order valence-corrected chi connectivity index (χ3v) is 2.18. The third kappa shape index (κ3) is 2.97. The molecule has 0 radical (unpaired) electrons. The average molecular weight is 230 g/mol. The van der Waals surface area contributed by atoms with Crippen LogP contribution in [0.3, 0.4) is 0 Å². The molecule has 9 heteroatoms. The van der Waals surface area contributed by atoms with E-state index in [0.29, 0.717) is 0 Å². The van der Waals surface area contributed by atoms with Crippen molar-refractivity contribution >= 4 is 7.82 Å². The molecule has 84 valence electrons. The Morgan fingerprint density at radius 2 is 1.79 bits per heavy atom. The number of phosphoric ester groups is 1. The summed E-state index contributed by atoms with van der Waals surface area (Å²) in [6.45, 7) is -0.372. The predicted octanol–water partition coefficient (Wildman–Crippen LogP) is -2.47. The molecular weight excluding hydrogens is 219 g/mol. The summed E-state index contributed by atoms with van der Waals surface area (Å²) in [5, 5.41) is 27.2. The monoisotopic (exact) mass is 230 g/mol. The maximum absolute atomic E-state index is 10.4. The Balaban J connectivity index is 2.60. The largest absolute Gasteiger partial charge is 0.472 e. The minimum absolute atomic E-state index is 0.372. The smallest absolute Gasteiger partial charge is 0.388 e. The average Bonchev–Trinajstić information content (AvgIpc) is 2.04. The lowest BCUT2D eigenvalue weighted by molar-refractivity contribution is -0.245. The first kappa shape index (κ1) is 12.0. The summed E-state index contributed by atoms with van der Waals surface area (Å²) < 4.78 is 19.0. The molecule has 14 heavy (non-hydrogen) atoms. The lowest BCUT2D eigenvalue weighted by atomic mass is 10.1. The van der Waals surface area contributed by atoms with Gasteiger partial charge < -0.3 is 29.8 Å². The van der Waals surface area contributed by atoms with Crippen molar-refractivity contribution in [2.24, 2.45) is 0 Å². The van der Waals surface area contributed by atoms with Gasteiger partial charge in [-0.3, -0.25) is 4.52 Å². The molecule has 0 amide bonds. The van der Waals surface area contributed by atoms with Crippen LogP contribution in [0.2, 0.25) is 0 Å². The predicted molar refractivity (Wildman–Crippen MR) is 40.9 cm³/mol. The van der Waals surface area contributed by atoms with Crippen molar-refractivity contribution in [1.82, 2.24) is 0 Å². The molecule has 0 aliphatic carbocycles. The fourth-order valence-electron chi connectivity index (χ4n) is 1.01. The first-order chi connectivity index (χ1) is 6.31. The summed E-state index contributed by atoms with van der Waals surface area (Å²) in [6, 6.07) is 0. The van der Waals surface area contributed by atoms with Crippen LogP contribution in [-0.2, 0) is 13.8 Å². The van der Waals surface area contributed by atoms with Gasteiger partial charge in [-0.05, 0) is 0 Å². The zero-order valence-corrected chi connectivity index (χ0v) is 7.82. The van der Waals surface area contributed by atoms with Gasteiger partial charge in [0, 0.05) is 0 Å². The van der Waals surface area contributed by atoms with Crippen LogP contribution in [0.4, 0.5) is 0 Å². The zero-order valence-electron chi connectivity index (χ0n) is 6.92. The minimum atomic E-state index is -4.80. The highest BCUT2D eigenvalue weighted by atomic mass is 31.2. The number of hydrogen-bond acceptors (Lipinski definition) is 6. The third-order valence-electron chi connectivity index (χ3n) is 1.70. The fraction of sp³-hybridized carbons (Fsp3) is 1.00. The maximum Gasteiger partial charge on any atom is 0.472 e. The van der Waals surface area contributed by atoms with Crippen LogP contribution < -0.4 is 0 Å². The van der Waals surface area contributed by atoms with Crippen molar-refractivity contribution in [2.45, 2.75) is 24.6 Å². The molecule has 0 saturated carbocycles. The quantitative estimate of drug-likeness (QED) is 0.329. The minimum Gasteiger partial charge on any atom is -0.388 e. The van der Waals surface area contributed by atoms with Gasteiger partial charge in [-0.2, -0.15) is 0 Å². The molecule has 8 nitrogen and oxygen atoms in total. The highest BCUT2D eigenvalue weighted by Crippen LogP contribution is 2.39. The SMILES string of the molecule is O=P(O)(O)O[C@@H]1OC[C@H](O)[C@H](O)[C@H]1O. The number of phosphoric acid groups is 1. The van der Waals surface area contributed by atoms with Gasteiger partial charge in [-0.15, -0.1) is 0 Å². The number of aliphatic hydroxyl groups excluding tert-OH is 3. The van der Waals surface area contributed by atoms with E-state index in [0.717, 1.165) is 0 Å². The molecule has 1 aliphatic heterocycles. The van der Waals surface area contributed by atoms with E-state index in [9.17, 15) is 4.57 Å². The van der Waals surface area contributed by atoms with E-state index in [1.165, 1.54) is 0 Å². The number of rotatable bonds is 2. The molecule has 0 spiro atoms. The number of hydrogen-bond donors (Lipinski definition) is 5. The van der Waals surface area contributed by atoms with Gasteiger partial charge in [0.1, 0.15) is 18.3 Å². The standard InChI is InChI=1S/C5H11O8P/c6-2-1-12-5(4(8)3(2)7)13-14(9,10)11/h2-8H,1H2,(H2,9,10,11)/t2-,3-,4+,5-/m0/s1. The Hall–Kier alpha value is -0.0500. The highest BCUT2D eigenvalue weighted by molar-refractivity contribution is 7.46. The summed E-state index contributed by atoms with van der Waals surface area (Å²) in [6.07, 6.45) is -6.21. The number of ether oxygens (including phenoxy) is 1. The van der Waals surface area contributed by atoms with E-state index < -0.39 is 32.4 Å². The molecule has 0 aromatic rings. The van der Waals surface area contributed by atoms with Crippen LogP contribution in [0.5, 0.6) is 0 Å². The fourth-order valence-corrected chi connectivity index (χ4v) is 1.46. The van der Waals surface area contributed by atoms with Crippen molar-refractivity contribution in [1.29, 1.82) is 0 Å². The second-order valence-electron chi connectivity index (χ2n) is 2.85. The van der Waals surface area contributed by atoms with Gasteiger partial charge in [0.15, 0.2) is 6.29 Å². The molecule has 0 aromatic heterocycles. The molecule has 0 unspecified atom stereocenters. The number of aliphatic hydroxyl groups is 3. The van der Waals surface area contributed by atoms with Crippen molar-refractivity contribution in [2.75, 3.05) is 6.61 Å². The Kier molecular flexibility index (Phi) is 3.62. The second kappa shape index (κ2) is 4.21. The first-order valence-electron chi connectivity index (χ1n) is 3.71. The lowest BCUT2D eigenvalue weighted by Crippen LogP contribution is -2.53. The van der Waals surface area contributed by atoms with E-state index in [4.69, 9.17) is 25.1 Å². The molecule has 5 N–H and O–H groups in total. The highest BCUT2D eigenvalue weighted by Gasteiger charge is 2.41. The van der Waals surface area contributed by atoms with Crippen LogP contribution in [0.15, 0.2) is 0 Å². The van der Waals surface area contributed by atoms with Crippen LogP contribution in [-0.4, -0.2) is 56.3 Å². The van der Waals surface area contributed by atoms with Gasteiger partial charge in [0.05, 0.1) is 6.61 Å². The molecule has 0 aromatic carbocycles. The molecule has 4 atom stereocenters. The first-order valence-corrected chi connectivity index (χ1v) is 5.24. The Morgan fingerprint density at radius 1 is 1.21 bits per heavy atom. The Labute approximate surface area is 78.9 Å². The Morgan fingerprint density at radius 3 is 2.29 bits per heavy atom. The van der Waals surface area contributed by atoms with E-state index in [1.54, 1.807) is 0 Å². The van der Waals surface area contributed by atoms with Gasteiger partial charge in [-0.25, -0.2) is 4.57 Å². The summed E-state index contributed by atoms with van der Waals surface area (Å²) in [7, 11) is -4.80. The summed E-state index contributed by atoms with van der Waals surface area (Å²) in [4.78, 5) is 16.8. The topological polar surface area (TPSA) is 137 Å². The second-order valence-corrected chi connectivity index (χ2v) is 4.04. The lowest BCUT2D eigenvalue weighted by Gasteiger charge is -2.34. The summed E-state index contributed by atoms with van der Waals surface area (Å²) in [5.74, 6) is 0. The van der Waals surface area contributed by atoms with Crippen molar-refractivity contribution in [3.05, 3.63) is 0 Å². The maximum atomic E-state index is 10.4. The molecule has 1 saturated heterocycles. The molecule has 0 bridgehead atoms. The van der Waals surface area contributed by atoms with Crippen molar-refractivity contribution in [3.63, 3.8) is 0 Å². The van der Waals surface area contributed by atoms with Crippen LogP contribution in [0, 0.1) is 0 Å². The summed E-state index contributed by atoms with van der Waals surface area (Å²) >= 11 is 0. The zero-order chi connectivity index (χ0) is 10.9. The molecule has 1 aliphatic rings. The van der Waals surface area contributed by atoms with Crippen molar-refractivity contribution < 1.29 is 38.9 Å². The molecule has 1 rings (SSSR count). The van der Waals surface area contributed by atoms with E-state index in [1.807, 2.05) is 0 Å².